The van der Waals surface area contributed by atoms with E-state index >= 15 is 0 Å². The monoisotopic (exact) mass is 608 g/mol. The molecule has 0 aromatic heterocycles. The highest BCUT2D eigenvalue weighted by Gasteiger charge is 2.19. The molecular formula is C33H28N4O6S. The third-order valence-corrected chi connectivity index (χ3v) is 7.39. The lowest BCUT2D eigenvalue weighted by Crippen LogP contribution is -2.30. The zero-order valence-electron chi connectivity index (χ0n) is 23.8. The summed E-state index contributed by atoms with van der Waals surface area (Å²) in [7, 11) is 0. The van der Waals surface area contributed by atoms with Crippen molar-refractivity contribution in [3.8, 4) is 0 Å². The van der Waals surface area contributed by atoms with Crippen molar-refractivity contribution in [1.82, 2.24) is 5.32 Å². The van der Waals surface area contributed by atoms with Gasteiger partial charge in [-0.2, -0.15) is 0 Å². The summed E-state index contributed by atoms with van der Waals surface area (Å²) in [4.78, 5) is 62.3. The zero-order chi connectivity index (χ0) is 31.6. The number of anilines is 2. The average Bonchev–Trinajstić information content (AvgIpc) is 3.01. The van der Waals surface area contributed by atoms with Gasteiger partial charge in [-0.1, -0.05) is 36.4 Å². The molecule has 0 heterocycles. The molecule has 0 aliphatic heterocycles. The van der Waals surface area contributed by atoms with Crippen LogP contribution in [0.1, 0.15) is 40.1 Å². The van der Waals surface area contributed by atoms with Crippen LogP contribution in [0.3, 0.4) is 0 Å². The summed E-state index contributed by atoms with van der Waals surface area (Å²) in [5.74, 6) is -1.58. The van der Waals surface area contributed by atoms with Crippen LogP contribution in [0.4, 0.5) is 17.1 Å². The number of ketones is 1. The van der Waals surface area contributed by atoms with Gasteiger partial charge in [0.25, 0.3) is 17.5 Å². The van der Waals surface area contributed by atoms with Crippen LogP contribution < -0.4 is 16.0 Å². The Hall–Kier alpha value is -5.55. The van der Waals surface area contributed by atoms with E-state index in [1.54, 1.807) is 91.9 Å². The minimum atomic E-state index is -0.700. The number of hydrogen-bond donors (Lipinski definition) is 3. The van der Waals surface area contributed by atoms with Gasteiger partial charge in [0.1, 0.15) is 5.70 Å². The van der Waals surface area contributed by atoms with Gasteiger partial charge in [0, 0.05) is 33.5 Å². The van der Waals surface area contributed by atoms with Gasteiger partial charge in [-0.25, -0.2) is 0 Å². The normalized spacial score (nSPS) is 11.6. The molecule has 0 bridgehead atoms. The molecule has 0 fully saturated rings. The van der Waals surface area contributed by atoms with E-state index in [2.05, 4.69) is 16.0 Å². The van der Waals surface area contributed by atoms with Gasteiger partial charge in [-0.05, 0) is 80.6 Å². The molecular weight excluding hydrogens is 580 g/mol. The largest absolute Gasteiger partial charge is 0.325 e. The fourth-order valence-electron chi connectivity index (χ4n) is 4.01. The molecule has 0 aliphatic carbocycles. The highest BCUT2D eigenvalue weighted by molar-refractivity contribution is 8.00. The van der Waals surface area contributed by atoms with Crippen LogP contribution in [-0.2, 0) is 9.59 Å². The van der Waals surface area contributed by atoms with Gasteiger partial charge in [-0.15, -0.1) is 11.8 Å². The van der Waals surface area contributed by atoms with Gasteiger partial charge in [-0.3, -0.25) is 29.3 Å². The number of carbonyl (C=O) groups is 4. The van der Waals surface area contributed by atoms with Crippen molar-refractivity contribution in [2.75, 3.05) is 10.6 Å². The molecule has 0 spiro atoms. The standard InChI is InChI=1S/C33H28N4O6S/c1-21(38)23-15-17-26(18-16-23)34-31(39)22(2)44-28-13-8-12-27(20-28)35-33(41)29(36-32(40)24-9-4-3-5-10-24)19-25-11-6-7-14-30(25)37(42)43/h3-20,22H,1-2H3,(H,34,39)(H,35,41)(H,36,40)/b29-19+. The number of nitro groups is 1. The van der Waals surface area contributed by atoms with Crippen LogP contribution >= 0.6 is 11.8 Å². The predicted octanol–water partition coefficient (Wildman–Crippen LogP) is 6.33. The Kier molecular flexibility index (Phi) is 10.4. The lowest BCUT2D eigenvalue weighted by Gasteiger charge is -2.14. The first-order valence-corrected chi connectivity index (χ1v) is 14.3. The summed E-state index contributed by atoms with van der Waals surface area (Å²) >= 11 is 1.27. The number of Topliss-reactive ketones (excluding diaryl/α,β-unsaturated/α-hetero) is 1. The van der Waals surface area contributed by atoms with E-state index in [0.717, 1.165) is 0 Å². The van der Waals surface area contributed by atoms with Crippen molar-refractivity contribution in [3.63, 3.8) is 0 Å². The number of hydrogen-bond acceptors (Lipinski definition) is 7. The molecule has 0 radical (unpaired) electrons. The first-order valence-electron chi connectivity index (χ1n) is 13.4. The number of thioether (sulfide) groups is 1. The second-order valence-electron chi connectivity index (χ2n) is 9.56. The molecule has 11 heteroatoms. The first kappa shape index (κ1) is 31.4. The Morgan fingerprint density at radius 3 is 2.16 bits per heavy atom. The zero-order valence-corrected chi connectivity index (χ0v) is 24.6. The summed E-state index contributed by atoms with van der Waals surface area (Å²) in [5, 5.41) is 19.2. The molecule has 0 saturated carbocycles. The van der Waals surface area contributed by atoms with Crippen LogP contribution in [0.2, 0.25) is 0 Å². The predicted molar refractivity (Wildman–Crippen MR) is 170 cm³/mol. The number of benzene rings is 4. The summed E-state index contributed by atoms with van der Waals surface area (Å²) in [6.45, 7) is 3.21. The number of carbonyl (C=O) groups excluding carboxylic acids is 4. The summed E-state index contributed by atoms with van der Waals surface area (Å²) < 4.78 is 0. The lowest BCUT2D eigenvalue weighted by atomic mass is 10.1. The minimum Gasteiger partial charge on any atom is -0.325 e. The molecule has 4 aromatic rings. The fraction of sp³-hybridized carbons (Fsp3) is 0.0909. The maximum atomic E-state index is 13.4. The van der Waals surface area contributed by atoms with E-state index in [4.69, 9.17) is 0 Å². The Labute approximate surface area is 257 Å². The molecule has 4 aromatic carbocycles. The molecule has 0 saturated heterocycles. The maximum Gasteiger partial charge on any atom is 0.276 e. The number of para-hydroxylation sites is 1. The van der Waals surface area contributed by atoms with Gasteiger partial charge >= 0.3 is 0 Å². The number of nitrogens with one attached hydrogen (secondary N) is 3. The van der Waals surface area contributed by atoms with Crippen LogP contribution in [0, 0.1) is 10.1 Å². The van der Waals surface area contributed by atoms with Crippen molar-refractivity contribution in [1.29, 1.82) is 0 Å². The molecule has 1 unspecified atom stereocenters. The number of rotatable bonds is 11. The van der Waals surface area contributed by atoms with Crippen molar-refractivity contribution >= 4 is 58.4 Å². The van der Waals surface area contributed by atoms with Crippen molar-refractivity contribution in [2.45, 2.75) is 24.0 Å². The SMILES string of the molecule is CC(=O)c1ccc(NC(=O)C(C)Sc2cccc(NC(=O)/C(=C\c3ccccc3[N+](=O)[O-])NC(=O)c3ccccc3)c2)cc1. The van der Waals surface area contributed by atoms with Crippen LogP contribution in [0.5, 0.6) is 0 Å². The average molecular weight is 609 g/mol. The van der Waals surface area contributed by atoms with Gasteiger partial charge in [0.15, 0.2) is 5.78 Å². The van der Waals surface area contributed by atoms with E-state index < -0.39 is 22.0 Å². The van der Waals surface area contributed by atoms with Crippen molar-refractivity contribution < 1.29 is 24.1 Å². The Bertz CT molecular complexity index is 1740. The van der Waals surface area contributed by atoms with E-state index in [9.17, 15) is 29.3 Å². The molecule has 4 rings (SSSR count). The smallest absolute Gasteiger partial charge is 0.276 e. The highest BCUT2D eigenvalue weighted by Crippen LogP contribution is 2.27. The Balaban J connectivity index is 1.50. The number of nitro benzene ring substituents is 1. The summed E-state index contributed by atoms with van der Waals surface area (Å²) in [5.41, 5.74) is 1.50. The quantitative estimate of drug-likeness (QED) is 0.0593. The fourth-order valence-corrected chi connectivity index (χ4v) is 4.94. The van der Waals surface area contributed by atoms with E-state index in [1.807, 2.05) is 0 Å². The molecule has 222 valence electrons. The highest BCUT2D eigenvalue weighted by atomic mass is 32.2. The molecule has 1 atom stereocenters. The molecule has 10 nitrogen and oxygen atoms in total. The van der Waals surface area contributed by atoms with Crippen LogP contribution in [0.15, 0.2) is 114 Å². The topological polar surface area (TPSA) is 148 Å². The minimum absolute atomic E-state index is 0.0682. The van der Waals surface area contributed by atoms with Crippen molar-refractivity contribution in [3.05, 3.63) is 136 Å². The Morgan fingerprint density at radius 2 is 1.48 bits per heavy atom. The summed E-state index contributed by atoms with van der Waals surface area (Å²) in [6.07, 6.45) is 1.25. The van der Waals surface area contributed by atoms with Gasteiger partial charge < -0.3 is 16.0 Å². The molecule has 0 aliphatic rings. The second kappa shape index (κ2) is 14.6. The van der Waals surface area contributed by atoms with E-state index in [-0.39, 0.29) is 28.6 Å². The van der Waals surface area contributed by atoms with Crippen LogP contribution in [0.25, 0.3) is 6.08 Å². The molecule has 3 N–H and O–H groups in total. The third kappa shape index (κ3) is 8.49. The molecule has 3 amide bonds. The molecule has 44 heavy (non-hydrogen) atoms. The maximum absolute atomic E-state index is 13.4. The van der Waals surface area contributed by atoms with E-state index in [1.165, 1.54) is 43.0 Å². The third-order valence-electron chi connectivity index (χ3n) is 6.30. The van der Waals surface area contributed by atoms with Crippen LogP contribution in [-0.4, -0.2) is 33.7 Å². The van der Waals surface area contributed by atoms with Crippen molar-refractivity contribution in [2.24, 2.45) is 0 Å². The number of amides is 3. The van der Waals surface area contributed by atoms with Gasteiger partial charge in [0.2, 0.25) is 5.91 Å². The van der Waals surface area contributed by atoms with E-state index in [0.29, 0.717) is 27.4 Å². The second-order valence-corrected chi connectivity index (χ2v) is 11.0. The Morgan fingerprint density at radius 1 is 0.795 bits per heavy atom. The van der Waals surface area contributed by atoms with Gasteiger partial charge in [0.05, 0.1) is 15.7 Å². The number of nitrogens with zero attached hydrogens (tertiary/aromatic N) is 1. The summed E-state index contributed by atoms with van der Waals surface area (Å²) in [6, 6.07) is 27.5. The lowest BCUT2D eigenvalue weighted by molar-refractivity contribution is -0.385. The first-order chi connectivity index (χ1) is 21.1.